The van der Waals surface area contributed by atoms with Crippen molar-refractivity contribution < 1.29 is 14.7 Å². The Balaban J connectivity index is 1.95. The highest BCUT2D eigenvalue weighted by molar-refractivity contribution is 5.89. The van der Waals surface area contributed by atoms with E-state index in [0.29, 0.717) is 31.6 Å². The van der Waals surface area contributed by atoms with E-state index in [1.54, 1.807) is 0 Å². The fourth-order valence-corrected chi connectivity index (χ4v) is 2.56. The number of piperazine rings is 1. The van der Waals surface area contributed by atoms with Gasteiger partial charge in [-0.15, -0.1) is 0 Å². The van der Waals surface area contributed by atoms with E-state index in [-0.39, 0.29) is 11.8 Å². The summed E-state index contributed by atoms with van der Waals surface area (Å²) in [7, 11) is 2.06. The maximum absolute atomic E-state index is 12.1. The van der Waals surface area contributed by atoms with Gasteiger partial charge in [0.1, 0.15) is 0 Å². The average molecular weight is 240 g/mol. The van der Waals surface area contributed by atoms with E-state index in [0.717, 1.165) is 0 Å². The molecule has 1 N–H and O–H groups in total. The lowest BCUT2D eigenvalue weighted by Gasteiger charge is -2.42. The van der Waals surface area contributed by atoms with Crippen molar-refractivity contribution in [2.45, 2.75) is 32.4 Å². The van der Waals surface area contributed by atoms with E-state index >= 15 is 0 Å². The number of carbonyl (C=O) groups excluding carboxylic acids is 1. The number of rotatable bonds is 2. The molecule has 0 aromatic heterocycles. The molecule has 17 heavy (non-hydrogen) atoms. The van der Waals surface area contributed by atoms with E-state index in [1.807, 2.05) is 4.90 Å². The summed E-state index contributed by atoms with van der Waals surface area (Å²) in [6.45, 7) is 5.61. The first-order valence-electron chi connectivity index (χ1n) is 6.15. The molecule has 0 aromatic rings. The fourth-order valence-electron chi connectivity index (χ4n) is 2.56. The molecule has 1 aliphatic carbocycles. The van der Waals surface area contributed by atoms with Gasteiger partial charge in [-0.1, -0.05) is 0 Å². The number of carbonyl (C=O) groups is 2. The summed E-state index contributed by atoms with van der Waals surface area (Å²) in [4.78, 5) is 27.0. The third-order valence-corrected chi connectivity index (χ3v) is 4.10. The van der Waals surface area contributed by atoms with Crippen molar-refractivity contribution in [1.82, 2.24) is 9.80 Å². The Hall–Kier alpha value is -1.10. The van der Waals surface area contributed by atoms with Gasteiger partial charge < -0.3 is 10.0 Å². The van der Waals surface area contributed by atoms with Gasteiger partial charge in [-0.2, -0.15) is 0 Å². The minimum atomic E-state index is -0.835. The lowest BCUT2D eigenvalue weighted by Crippen LogP contribution is -2.56. The molecule has 1 saturated carbocycles. The lowest BCUT2D eigenvalue weighted by atomic mass is 10.1. The van der Waals surface area contributed by atoms with Crippen LogP contribution in [0.4, 0.5) is 0 Å². The summed E-state index contributed by atoms with van der Waals surface area (Å²) in [5, 5.41) is 8.84. The second-order valence-electron chi connectivity index (χ2n) is 5.39. The molecule has 5 nitrogen and oxygen atoms in total. The molecule has 0 bridgehead atoms. The largest absolute Gasteiger partial charge is 0.481 e. The van der Waals surface area contributed by atoms with Crippen LogP contribution in [-0.4, -0.2) is 59.0 Å². The van der Waals surface area contributed by atoms with Crippen molar-refractivity contribution in [1.29, 1.82) is 0 Å². The third-order valence-electron chi connectivity index (χ3n) is 4.10. The van der Waals surface area contributed by atoms with Gasteiger partial charge in [-0.3, -0.25) is 14.5 Å². The molecule has 5 heteroatoms. The van der Waals surface area contributed by atoms with Gasteiger partial charge in [0.25, 0.3) is 0 Å². The highest BCUT2D eigenvalue weighted by atomic mass is 16.4. The lowest BCUT2D eigenvalue weighted by molar-refractivity contribution is -0.143. The number of aliphatic carboxylic acids is 1. The second-order valence-corrected chi connectivity index (χ2v) is 5.39. The zero-order valence-corrected chi connectivity index (χ0v) is 10.6. The smallest absolute Gasteiger partial charge is 0.307 e. The molecule has 4 atom stereocenters. The standard InChI is InChI=1S/C12H20N2O3/c1-7-5-14(6-8(2)13(7)3)11(15)9-4-10(9)12(16)17/h7-10H,4-6H2,1-3H3,(H,16,17)/t7?,8?,9-,10+/m1/s1. The summed E-state index contributed by atoms with van der Waals surface area (Å²) in [6, 6.07) is 0.675. The Labute approximate surface area is 101 Å². The first-order chi connectivity index (χ1) is 7.91. The number of hydrogen-bond acceptors (Lipinski definition) is 3. The number of likely N-dealkylation sites (N-methyl/N-ethyl adjacent to an activating group) is 1. The molecule has 1 amide bonds. The molecule has 1 heterocycles. The van der Waals surface area contributed by atoms with Crippen LogP contribution in [0, 0.1) is 11.8 Å². The summed E-state index contributed by atoms with van der Waals surface area (Å²) in [5.74, 6) is -1.51. The fraction of sp³-hybridized carbons (Fsp3) is 0.833. The Kier molecular flexibility index (Phi) is 3.12. The average Bonchev–Trinajstić information content (AvgIpc) is 3.04. The van der Waals surface area contributed by atoms with Crippen LogP contribution in [0.5, 0.6) is 0 Å². The number of carboxylic acids is 1. The van der Waals surface area contributed by atoms with Crippen LogP contribution in [0.3, 0.4) is 0 Å². The predicted octanol–water partition coefficient (Wildman–Crippen LogP) is 0.258. The quantitative estimate of drug-likeness (QED) is 0.752. The van der Waals surface area contributed by atoms with Crippen molar-refractivity contribution in [3.05, 3.63) is 0 Å². The maximum atomic E-state index is 12.1. The van der Waals surface area contributed by atoms with Crippen molar-refractivity contribution >= 4 is 11.9 Å². The van der Waals surface area contributed by atoms with Gasteiger partial charge in [0.2, 0.25) is 5.91 Å². The van der Waals surface area contributed by atoms with E-state index in [1.165, 1.54) is 0 Å². The molecule has 1 aliphatic heterocycles. The van der Waals surface area contributed by atoms with Crippen LogP contribution >= 0.6 is 0 Å². The Morgan fingerprint density at radius 2 is 1.65 bits per heavy atom. The molecule has 0 radical (unpaired) electrons. The van der Waals surface area contributed by atoms with Gasteiger partial charge in [-0.25, -0.2) is 0 Å². The van der Waals surface area contributed by atoms with Crippen LogP contribution in [0.1, 0.15) is 20.3 Å². The number of amides is 1. The molecule has 1 saturated heterocycles. The maximum Gasteiger partial charge on any atom is 0.307 e. The first kappa shape index (κ1) is 12.4. The highest BCUT2D eigenvalue weighted by Gasteiger charge is 2.50. The van der Waals surface area contributed by atoms with Crippen molar-refractivity contribution in [2.75, 3.05) is 20.1 Å². The minimum Gasteiger partial charge on any atom is -0.481 e. The zero-order valence-electron chi connectivity index (χ0n) is 10.6. The summed E-state index contributed by atoms with van der Waals surface area (Å²) >= 11 is 0. The van der Waals surface area contributed by atoms with Gasteiger partial charge in [-0.05, 0) is 27.3 Å². The van der Waals surface area contributed by atoms with Crippen LogP contribution < -0.4 is 0 Å². The number of carboxylic acid groups (broad SMARTS) is 1. The van der Waals surface area contributed by atoms with Gasteiger partial charge >= 0.3 is 5.97 Å². The summed E-state index contributed by atoms with van der Waals surface area (Å²) in [5.41, 5.74) is 0. The molecular formula is C12H20N2O3. The number of hydrogen-bond donors (Lipinski definition) is 1. The molecule has 2 rings (SSSR count). The van der Waals surface area contributed by atoms with Gasteiger partial charge in [0.05, 0.1) is 11.8 Å². The Bertz CT molecular complexity index is 333. The SMILES string of the molecule is CC1CN(C(=O)[C@@H]2C[C@@H]2C(=O)O)CC(C)N1C. The second kappa shape index (κ2) is 4.29. The third kappa shape index (κ3) is 2.29. The van der Waals surface area contributed by atoms with Crippen LogP contribution in [-0.2, 0) is 9.59 Å². The predicted molar refractivity (Wildman–Crippen MR) is 62.5 cm³/mol. The Morgan fingerprint density at radius 1 is 1.12 bits per heavy atom. The van der Waals surface area contributed by atoms with Gasteiger partial charge in [0.15, 0.2) is 0 Å². The van der Waals surface area contributed by atoms with Crippen molar-refractivity contribution in [3.63, 3.8) is 0 Å². The monoisotopic (exact) mass is 240 g/mol. The number of nitrogens with zero attached hydrogens (tertiary/aromatic N) is 2. The van der Waals surface area contributed by atoms with Crippen LogP contribution in [0.2, 0.25) is 0 Å². The highest BCUT2D eigenvalue weighted by Crippen LogP contribution is 2.40. The minimum absolute atomic E-state index is 0.0317. The molecular weight excluding hydrogens is 220 g/mol. The molecule has 96 valence electrons. The summed E-state index contributed by atoms with van der Waals surface area (Å²) < 4.78 is 0. The van der Waals surface area contributed by atoms with Crippen LogP contribution in [0.25, 0.3) is 0 Å². The molecule has 2 fully saturated rings. The van der Waals surface area contributed by atoms with Crippen molar-refractivity contribution in [3.8, 4) is 0 Å². The zero-order chi connectivity index (χ0) is 12.7. The van der Waals surface area contributed by atoms with Gasteiger partial charge in [0, 0.05) is 25.2 Å². The topological polar surface area (TPSA) is 60.9 Å². The van der Waals surface area contributed by atoms with E-state index in [2.05, 4.69) is 25.8 Å². The van der Waals surface area contributed by atoms with Crippen LogP contribution in [0.15, 0.2) is 0 Å². The molecule has 0 aromatic carbocycles. The van der Waals surface area contributed by atoms with E-state index < -0.39 is 11.9 Å². The summed E-state index contributed by atoms with van der Waals surface area (Å²) in [6.07, 6.45) is 0.517. The first-order valence-corrected chi connectivity index (χ1v) is 6.15. The Morgan fingerprint density at radius 3 is 2.06 bits per heavy atom. The normalized spacial score (nSPS) is 37.9. The molecule has 2 unspecified atom stereocenters. The van der Waals surface area contributed by atoms with E-state index in [4.69, 9.17) is 5.11 Å². The molecule has 0 spiro atoms. The van der Waals surface area contributed by atoms with E-state index in [9.17, 15) is 9.59 Å². The molecule has 2 aliphatic rings. The van der Waals surface area contributed by atoms with Crippen molar-refractivity contribution in [2.24, 2.45) is 11.8 Å².